The third kappa shape index (κ3) is 5.54. The van der Waals surface area contributed by atoms with E-state index in [0.29, 0.717) is 5.92 Å². The van der Waals surface area contributed by atoms with E-state index in [9.17, 15) is 4.79 Å². The first-order valence-corrected chi connectivity index (χ1v) is 3.85. The number of carbonyl (C=O) groups is 1. The second-order valence-electron chi connectivity index (χ2n) is 2.74. The molecule has 58 valence electrons. The summed E-state index contributed by atoms with van der Waals surface area (Å²) in [4.78, 5) is 10.5. The molecule has 0 bridgehead atoms. The van der Waals surface area contributed by atoms with Crippen molar-refractivity contribution in [2.45, 2.75) is 33.6 Å². The molecule has 1 nitrogen and oxygen atoms in total. The van der Waals surface area contributed by atoms with Gasteiger partial charge in [-0.3, -0.25) is 4.79 Å². The maximum atomic E-state index is 10.5. The van der Waals surface area contributed by atoms with E-state index >= 15 is 0 Å². The van der Waals surface area contributed by atoms with Crippen LogP contribution >= 0.6 is 0 Å². The molecule has 0 aromatic heterocycles. The van der Waals surface area contributed by atoms with E-state index in [2.05, 4.69) is 13.8 Å². The van der Waals surface area contributed by atoms with Gasteiger partial charge >= 0.3 is 0 Å². The molecule has 0 saturated carbocycles. The highest BCUT2D eigenvalue weighted by Crippen LogP contribution is 2.05. The van der Waals surface area contributed by atoms with E-state index in [1.807, 2.05) is 6.08 Å². The first-order valence-electron chi connectivity index (χ1n) is 3.85. The molecule has 1 atom stereocenters. The summed E-state index contributed by atoms with van der Waals surface area (Å²) in [5, 5.41) is 0. The normalized spacial score (nSPS) is 13.9. The van der Waals surface area contributed by atoms with Crippen molar-refractivity contribution in [1.82, 2.24) is 0 Å². The van der Waals surface area contributed by atoms with Gasteiger partial charge < -0.3 is 0 Å². The minimum atomic E-state index is 0.142. The van der Waals surface area contributed by atoms with Gasteiger partial charge in [0.15, 0.2) is 5.78 Å². The van der Waals surface area contributed by atoms with E-state index in [1.165, 1.54) is 12.8 Å². The van der Waals surface area contributed by atoms with E-state index in [4.69, 9.17) is 0 Å². The fraction of sp³-hybridized carbons (Fsp3) is 0.667. The van der Waals surface area contributed by atoms with Crippen molar-refractivity contribution in [3.05, 3.63) is 12.2 Å². The van der Waals surface area contributed by atoms with E-state index in [0.717, 1.165) is 0 Å². The molecule has 0 rings (SSSR count). The summed E-state index contributed by atoms with van der Waals surface area (Å²) >= 11 is 0. The van der Waals surface area contributed by atoms with Gasteiger partial charge in [0.25, 0.3) is 0 Å². The van der Waals surface area contributed by atoms with Crippen LogP contribution in [0.3, 0.4) is 0 Å². The highest BCUT2D eigenvalue weighted by Gasteiger charge is 1.93. The number of ketones is 1. The Balaban J connectivity index is 3.55. The maximum absolute atomic E-state index is 10.5. The Hall–Kier alpha value is -0.590. The Kier molecular flexibility index (Phi) is 4.91. The fourth-order valence-electron chi connectivity index (χ4n) is 0.851. The van der Waals surface area contributed by atoms with Crippen molar-refractivity contribution in [2.24, 2.45) is 5.92 Å². The summed E-state index contributed by atoms with van der Waals surface area (Å²) in [5.74, 6) is 0.692. The van der Waals surface area contributed by atoms with Gasteiger partial charge in [0.05, 0.1) is 0 Å². The van der Waals surface area contributed by atoms with Crippen LogP contribution < -0.4 is 0 Å². The van der Waals surface area contributed by atoms with Crippen LogP contribution in [0.1, 0.15) is 33.6 Å². The van der Waals surface area contributed by atoms with E-state index in [-0.39, 0.29) is 5.78 Å². The first-order chi connectivity index (χ1) is 4.66. The maximum Gasteiger partial charge on any atom is 0.152 e. The van der Waals surface area contributed by atoms with Crippen LogP contribution in [0.4, 0.5) is 0 Å². The highest BCUT2D eigenvalue weighted by molar-refractivity contribution is 5.87. The molecule has 0 N–H and O–H groups in total. The zero-order valence-electron chi connectivity index (χ0n) is 7.05. The second-order valence-corrected chi connectivity index (χ2v) is 2.74. The van der Waals surface area contributed by atoms with Gasteiger partial charge in [-0.15, -0.1) is 0 Å². The molecule has 1 unspecified atom stereocenters. The third-order valence-electron chi connectivity index (χ3n) is 1.40. The molecular weight excluding hydrogens is 124 g/mol. The second kappa shape index (κ2) is 5.21. The van der Waals surface area contributed by atoms with Crippen molar-refractivity contribution >= 4 is 5.78 Å². The van der Waals surface area contributed by atoms with Crippen molar-refractivity contribution in [2.75, 3.05) is 0 Å². The first kappa shape index (κ1) is 9.41. The average molecular weight is 140 g/mol. The minimum absolute atomic E-state index is 0.142. The molecule has 1 heteroatoms. The van der Waals surface area contributed by atoms with Crippen LogP contribution in [0.5, 0.6) is 0 Å². The molecule has 0 aliphatic heterocycles. The summed E-state index contributed by atoms with van der Waals surface area (Å²) in [7, 11) is 0. The van der Waals surface area contributed by atoms with Gasteiger partial charge in [-0.2, -0.15) is 0 Å². The summed E-state index contributed by atoms with van der Waals surface area (Å²) < 4.78 is 0. The molecule has 0 spiro atoms. The fourth-order valence-corrected chi connectivity index (χ4v) is 0.851. The molecule has 0 aliphatic rings. The van der Waals surface area contributed by atoms with Crippen molar-refractivity contribution in [1.29, 1.82) is 0 Å². The number of hydrogen-bond acceptors (Lipinski definition) is 1. The highest BCUT2D eigenvalue weighted by atomic mass is 16.1. The lowest BCUT2D eigenvalue weighted by Crippen LogP contribution is -1.89. The Morgan fingerprint density at radius 1 is 1.60 bits per heavy atom. The minimum Gasteiger partial charge on any atom is -0.295 e. The van der Waals surface area contributed by atoms with Crippen LogP contribution in [-0.4, -0.2) is 5.78 Å². The van der Waals surface area contributed by atoms with Crippen LogP contribution in [0, 0.1) is 5.92 Å². The predicted molar refractivity (Wildman–Crippen MR) is 43.9 cm³/mol. The summed E-state index contributed by atoms with van der Waals surface area (Å²) in [6, 6.07) is 0. The van der Waals surface area contributed by atoms with Gasteiger partial charge in [-0.1, -0.05) is 26.3 Å². The molecule has 0 aliphatic carbocycles. The van der Waals surface area contributed by atoms with Gasteiger partial charge in [0.2, 0.25) is 0 Å². The number of carbonyl (C=O) groups excluding carboxylic acids is 1. The molecule has 0 aromatic carbocycles. The van der Waals surface area contributed by atoms with Crippen LogP contribution in [-0.2, 0) is 4.79 Å². The zero-order valence-corrected chi connectivity index (χ0v) is 7.05. The number of allylic oxidation sites excluding steroid dienone is 2. The summed E-state index contributed by atoms with van der Waals surface area (Å²) in [6.45, 7) is 5.86. The lowest BCUT2D eigenvalue weighted by Gasteiger charge is -2.00. The standard InChI is InChI=1S/C9H16O/c1-4-5-8(2)6-7-9(3)10/h6-8H,4-5H2,1-3H3. The largest absolute Gasteiger partial charge is 0.295 e. The van der Waals surface area contributed by atoms with Crippen molar-refractivity contribution in [3.8, 4) is 0 Å². The number of hydrogen-bond donors (Lipinski definition) is 0. The van der Waals surface area contributed by atoms with Gasteiger partial charge in [0, 0.05) is 0 Å². The molecule has 0 amide bonds. The van der Waals surface area contributed by atoms with Gasteiger partial charge in [0.1, 0.15) is 0 Å². The molecule has 0 fully saturated rings. The smallest absolute Gasteiger partial charge is 0.152 e. The Morgan fingerprint density at radius 3 is 2.60 bits per heavy atom. The predicted octanol–water partition coefficient (Wildman–Crippen LogP) is 2.57. The van der Waals surface area contributed by atoms with Crippen LogP contribution in [0.2, 0.25) is 0 Å². The van der Waals surface area contributed by atoms with Crippen LogP contribution in [0.15, 0.2) is 12.2 Å². The lowest BCUT2D eigenvalue weighted by atomic mass is 10.1. The Labute approximate surface area is 63.1 Å². The van der Waals surface area contributed by atoms with Crippen molar-refractivity contribution < 1.29 is 4.79 Å². The lowest BCUT2D eigenvalue weighted by molar-refractivity contribution is -0.112. The topological polar surface area (TPSA) is 17.1 Å². The SMILES string of the molecule is CCCC(C)C=CC(C)=O. The molecule has 10 heavy (non-hydrogen) atoms. The Morgan fingerprint density at radius 2 is 2.20 bits per heavy atom. The molecule has 0 radical (unpaired) electrons. The molecule has 0 heterocycles. The van der Waals surface area contributed by atoms with Crippen LogP contribution in [0.25, 0.3) is 0 Å². The molecular formula is C9H16O. The quantitative estimate of drug-likeness (QED) is 0.548. The van der Waals surface area contributed by atoms with E-state index in [1.54, 1.807) is 13.0 Å². The monoisotopic (exact) mass is 140 g/mol. The number of rotatable bonds is 4. The van der Waals surface area contributed by atoms with Crippen molar-refractivity contribution in [3.63, 3.8) is 0 Å². The summed E-state index contributed by atoms with van der Waals surface area (Å²) in [5.41, 5.74) is 0. The van der Waals surface area contributed by atoms with E-state index < -0.39 is 0 Å². The average Bonchev–Trinajstić information content (AvgIpc) is 1.85. The summed E-state index contributed by atoms with van der Waals surface area (Å²) in [6.07, 6.45) is 5.99. The Bertz CT molecular complexity index is 125. The third-order valence-corrected chi connectivity index (χ3v) is 1.40. The van der Waals surface area contributed by atoms with Gasteiger partial charge in [-0.05, 0) is 25.3 Å². The van der Waals surface area contributed by atoms with Gasteiger partial charge in [-0.25, -0.2) is 0 Å². The molecule has 0 aromatic rings. The molecule has 0 saturated heterocycles. The zero-order chi connectivity index (χ0) is 7.98.